The number of hydrogen-bond donors (Lipinski definition) is 1. The van der Waals surface area contributed by atoms with E-state index < -0.39 is 0 Å². The molecule has 0 saturated carbocycles. The highest BCUT2D eigenvalue weighted by molar-refractivity contribution is 8.00. The zero-order valence-electron chi connectivity index (χ0n) is 11.6. The largest absolute Gasteiger partial charge is 0.363 e. The highest BCUT2D eigenvalue weighted by atomic mass is 32.2. The van der Waals surface area contributed by atoms with Gasteiger partial charge in [0.1, 0.15) is 6.61 Å². The first-order valence-corrected chi connectivity index (χ1v) is 7.65. The van der Waals surface area contributed by atoms with Crippen LogP contribution in [0.25, 0.3) is 0 Å². The number of nitrogens with zero attached hydrogens (tertiary/aromatic N) is 1. The number of thioether (sulfide) groups is 1. The lowest BCUT2D eigenvalue weighted by atomic mass is 10.0. The molecule has 2 aliphatic heterocycles. The minimum atomic E-state index is -0.129. The second-order valence-corrected chi connectivity index (χ2v) is 7.88. The van der Waals surface area contributed by atoms with Crippen molar-refractivity contribution >= 4 is 17.7 Å². The minimum Gasteiger partial charge on any atom is -0.363 e. The van der Waals surface area contributed by atoms with E-state index in [1.54, 1.807) is 0 Å². The normalized spacial score (nSPS) is 26.3. The summed E-state index contributed by atoms with van der Waals surface area (Å²) in [6, 6.07) is 0. The molecule has 2 heterocycles. The average molecular weight is 272 g/mol. The molecule has 0 atom stereocenters. The highest BCUT2D eigenvalue weighted by Gasteiger charge is 2.34. The maximum absolute atomic E-state index is 12.1. The fraction of sp³-hybridized carbons (Fsp3) is 0.923. The van der Waals surface area contributed by atoms with Crippen LogP contribution in [0.1, 0.15) is 27.2 Å². The Balaban J connectivity index is 1.78. The van der Waals surface area contributed by atoms with E-state index in [4.69, 9.17) is 4.74 Å². The Morgan fingerprint density at radius 3 is 2.67 bits per heavy atom. The zero-order chi connectivity index (χ0) is 13.2. The molecule has 4 nitrogen and oxygen atoms in total. The first-order chi connectivity index (χ1) is 8.40. The Hall–Kier alpha value is -0.260. The van der Waals surface area contributed by atoms with Crippen LogP contribution >= 0.6 is 11.8 Å². The van der Waals surface area contributed by atoms with Gasteiger partial charge in [-0.25, -0.2) is 0 Å². The van der Waals surface area contributed by atoms with Crippen LogP contribution in [-0.2, 0) is 9.53 Å². The van der Waals surface area contributed by atoms with E-state index in [1.807, 2.05) is 16.7 Å². The van der Waals surface area contributed by atoms with E-state index in [-0.39, 0.29) is 18.1 Å². The fourth-order valence-electron chi connectivity index (χ4n) is 2.18. The third-order valence-corrected chi connectivity index (χ3v) is 5.10. The molecule has 2 rings (SSSR count). The van der Waals surface area contributed by atoms with E-state index in [9.17, 15) is 4.79 Å². The molecule has 2 aliphatic rings. The molecular weight excluding hydrogens is 248 g/mol. The lowest BCUT2D eigenvalue weighted by Gasteiger charge is -2.39. The van der Waals surface area contributed by atoms with E-state index in [1.165, 1.54) is 0 Å². The standard InChI is InChI=1S/C13H24N2O2S/c1-12(2)4-5-15(6-7-18-12)11(16)8-17-13(3)9-14-10-13/h14H,4-10H2,1-3H3. The smallest absolute Gasteiger partial charge is 0.248 e. The number of nitrogens with one attached hydrogen (secondary N) is 1. The van der Waals surface area contributed by atoms with E-state index in [0.29, 0.717) is 4.75 Å². The van der Waals surface area contributed by atoms with Crippen LogP contribution in [0.2, 0.25) is 0 Å². The number of carbonyl (C=O) groups excluding carboxylic acids is 1. The van der Waals surface area contributed by atoms with Gasteiger partial charge in [0.2, 0.25) is 5.91 Å². The van der Waals surface area contributed by atoms with Crippen LogP contribution in [0.4, 0.5) is 0 Å². The number of rotatable bonds is 3. The summed E-state index contributed by atoms with van der Waals surface area (Å²) in [5, 5.41) is 3.17. The molecule has 0 aromatic carbocycles. The van der Waals surface area contributed by atoms with Crippen molar-refractivity contribution in [2.24, 2.45) is 0 Å². The molecule has 2 fully saturated rings. The van der Waals surface area contributed by atoms with Crippen molar-refractivity contribution in [2.75, 3.05) is 38.5 Å². The van der Waals surface area contributed by atoms with Crippen molar-refractivity contribution in [3.8, 4) is 0 Å². The van der Waals surface area contributed by atoms with Crippen molar-refractivity contribution in [1.82, 2.24) is 10.2 Å². The molecule has 0 bridgehead atoms. The monoisotopic (exact) mass is 272 g/mol. The maximum atomic E-state index is 12.1. The predicted molar refractivity (Wildman–Crippen MR) is 75.0 cm³/mol. The molecule has 18 heavy (non-hydrogen) atoms. The summed E-state index contributed by atoms with van der Waals surface area (Å²) in [6.45, 7) is 10.2. The van der Waals surface area contributed by atoms with E-state index >= 15 is 0 Å². The minimum absolute atomic E-state index is 0.129. The van der Waals surface area contributed by atoms with Crippen LogP contribution in [0.5, 0.6) is 0 Å². The average Bonchev–Trinajstić information content (AvgIpc) is 2.44. The van der Waals surface area contributed by atoms with Crippen LogP contribution < -0.4 is 5.32 Å². The Bertz CT molecular complexity index is 316. The highest BCUT2D eigenvalue weighted by Crippen LogP contribution is 2.30. The second-order valence-electron chi connectivity index (χ2n) is 6.08. The van der Waals surface area contributed by atoms with Gasteiger partial charge in [-0.1, -0.05) is 13.8 Å². The SMILES string of the molecule is CC1(OCC(=O)N2CCSC(C)(C)CC2)CNC1. The predicted octanol–water partition coefficient (Wildman–Crippen LogP) is 1.11. The number of hydrogen-bond acceptors (Lipinski definition) is 4. The third kappa shape index (κ3) is 3.62. The summed E-state index contributed by atoms with van der Waals surface area (Å²) in [7, 11) is 0. The molecule has 0 aromatic rings. The summed E-state index contributed by atoms with van der Waals surface area (Å²) in [6.07, 6.45) is 1.06. The summed E-state index contributed by atoms with van der Waals surface area (Å²) in [4.78, 5) is 14.1. The molecule has 1 N–H and O–H groups in total. The Morgan fingerprint density at radius 1 is 1.33 bits per heavy atom. The molecule has 0 aliphatic carbocycles. The van der Waals surface area contributed by atoms with Crippen LogP contribution in [0.3, 0.4) is 0 Å². The summed E-state index contributed by atoms with van der Waals surface area (Å²) >= 11 is 1.96. The Labute approximate surface area is 114 Å². The van der Waals surface area contributed by atoms with Gasteiger partial charge in [-0.15, -0.1) is 0 Å². The van der Waals surface area contributed by atoms with E-state index in [0.717, 1.165) is 38.4 Å². The molecule has 0 radical (unpaired) electrons. The Morgan fingerprint density at radius 2 is 2.06 bits per heavy atom. The molecule has 0 spiro atoms. The van der Waals surface area contributed by atoms with Gasteiger partial charge in [-0.05, 0) is 13.3 Å². The molecule has 104 valence electrons. The van der Waals surface area contributed by atoms with Gasteiger partial charge in [-0.3, -0.25) is 4.79 Å². The maximum Gasteiger partial charge on any atom is 0.248 e. The lowest BCUT2D eigenvalue weighted by molar-refractivity contribution is -0.145. The summed E-state index contributed by atoms with van der Waals surface area (Å²) in [5.41, 5.74) is -0.129. The second kappa shape index (κ2) is 5.39. The fourth-order valence-corrected chi connectivity index (χ4v) is 3.28. The Kier molecular flexibility index (Phi) is 4.24. The van der Waals surface area contributed by atoms with Crippen molar-refractivity contribution < 1.29 is 9.53 Å². The third-order valence-electron chi connectivity index (χ3n) is 3.73. The number of ether oxygens (including phenoxy) is 1. The quantitative estimate of drug-likeness (QED) is 0.835. The molecule has 1 amide bonds. The van der Waals surface area contributed by atoms with Gasteiger partial charge < -0.3 is 15.0 Å². The van der Waals surface area contributed by atoms with Gasteiger partial charge in [0.05, 0.1) is 5.60 Å². The van der Waals surface area contributed by atoms with E-state index in [2.05, 4.69) is 26.1 Å². The van der Waals surface area contributed by atoms with Crippen molar-refractivity contribution in [1.29, 1.82) is 0 Å². The van der Waals surface area contributed by atoms with Gasteiger partial charge in [0, 0.05) is 36.7 Å². The van der Waals surface area contributed by atoms with Crippen LogP contribution in [0, 0.1) is 0 Å². The van der Waals surface area contributed by atoms with Crippen LogP contribution in [-0.4, -0.2) is 59.7 Å². The van der Waals surface area contributed by atoms with Gasteiger partial charge >= 0.3 is 0 Å². The zero-order valence-corrected chi connectivity index (χ0v) is 12.4. The molecular formula is C13H24N2O2S. The van der Waals surface area contributed by atoms with Crippen molar-refractivity contribution in [2.45, 2.75) is 37.5 Å². The lowest BCUT2D eigenvalue weighted by Crippen LogP contribution is -2.59. The van der Waals surface area contributed by atoms with Crippen molar-refractivity contribution in [3.63, 3.8) is 0 Å². The van der Waals surface area contributed by atoms with Gasteiger partial charge in [-0.2, -0.15) is 11.8 Å². The molecule has 5 heteroatoms. The topological polar surface area (TPSA) is 41.6 Å². The summed E-state index contributed by atoms with van der Waals surface area (Å²) in [5.74, 6) is 1.17. The molecule has 0 unspecified atom stereocenters. The molecule has 0 aromatic heterocycles. The summed E-state index contributed by atoms with van der Waals surface area (Å²) < 4.78 is 6.00. The first kappa shape index (κ1) is 14.2. The molecule has 2 saturated heterocycles. The van der Waals surface area contributed by atoms with Gasteiger partial charge in [0.15, 0.2) is 0 Å². The van der Waals surface area contributed by atoms with Crippen molar-refractivity contribution in [3.05, 3.63) is 0 Å². The van der Waals surface area contributed by atoms with Crippen LogP contribution in [0.15, 0.2) is 0 Å². The van der Waals surface area contributed by atoms with Gasteiger partial charge in [0.25, 0.3) is 0 Å². The number of carbonyl (C=O) groups is 1. The number of amides is 1. The first-order valence-electron chi connectivity index (χ1n) is 6.67.